The number of aryl methyl sites for hydroxylation is 1. The molecule has 21 heavy (non-hydrogen) atoms. The number of hydrogen-bond acceptors (Lipinski definition) is 8. The third kappa shape index (κ3) is 4.19. The Hall–Kier alpha value is -2.08. The highest BCUT2D eigenvalue weighted by Gasteiger charge is 2.26. The molecule has 3 atom stereocenters. The lowest BCUT2D eigenvalue weighted by atomic mass is 10.0. The Balaban J connectivity index is 2.92. The predicted molar refractivity (Wildman–Crippen MR) is 67.8 cm³/mol. The van der Waals surface area contributed by atoms with E-state index in [1.807, 2.05) is 0 Å². The van der Waals surface area contributed by atoms with Gasteiger partial charge in [-0.05, 0) is 12.8 Å². The van der Waals surface area contributed by atoms with Crippen molar-refractivity contribution in [2.75, 3.05) is 6.61 Å². The lowest BCUT2D eigenvalue weighted by Gasteiger charge is -2.21. The molecule has 118 valence electrons. The molecule has 0 fully saturated rings. The van der Waals surface area contributed by atoms with E-state index in [1.165, 1.54) is 0 Å². The number of aromatic nitrogens is 2. The molecule has 0 aliphatic rings. The lowest BCUT2D eigenvalue weighted by molar-refractivity contribution is -0.387. The normalized spacial score (nSPS) is 15.4. The first-order chi connectivity index (χ1) is 9.77. The van der Waals surface area contributed by atoms with Crippen LogP contribution in [0.15, 0.2) is 9.59 Å². The number of nitrogens with zero attached hydrogens (tertiary/aromatic N) is 1. The fraction of sp³-hybridized carbons (Fsp3) is 0.600. The van der Waals surface area contributed by atoms with Crippen molar-refractivity contribution in [2.45, 2.75) is 31.2 Å². The summed E-state index contributed by atoms with van der Waals surface area (Å²) >= 11 is 0. The molecule has 1 rings (SSSR count). The molecule has 11 nitrogen and oxygen atoms in total. The van der Waals surface area contributed by atoms with Crippen LogP contribution in [-0.2, 0) is 6.42 Å². The molecule has 0 radical (unpaired) electrons. The Kier molecular flexibility index (Phi) is 5.72. The fourth-order valence-electron chi connectivity index (χ4n) is 1.73. The number of H-pyrrole nitrogens is 2. The van der Waals surface area contributed by atoms with Crippen LogP contribution in [-0.4, -0.2) is 60.2 Å². The fourth-order valence-corrected chi connectivity index (χ4v) is 1.73. The summed E-state index contributed by atoms with van der Waals surface area (Å²) in [7, 11) is 0. The van der Waals surface area contributed by atoms with E-state index in [9.17, 15) is 29.9 Å². The minimum atomic E-state index is -1.66. The van der Waals surface area contributed by atoms with Crippen molar-refractivity contribution in [3.63, 3.8) is 0 Å². The lowest BCUT2D eigenvalue weighted by Crippen LogP contribution is -2.39. The standard InChI is InChI=1S/C10H15N3O8/c14-3-6(16)8(17)5(15)2-1-4-7(13(20)21)9(18)12-10(19)11-4/h5-6,8,14-17H,1-3H2,(H2,11,12,18,19)/t5-,6+,8-/m1/s1. The molecule has 0 aromatic carbocycles. The molecular weight excluding hydrogens is 290 g/mol. The van der Waals surface area contributed by atoms with Crippen LogP contribution in [0.1, 0.15) is 12.1 Å². The average Bonchev–Trinajstić information content (AvgIpc) is 2.41. The van der Waals surface area contributed by atoms with Crippen molar-refractivity contribution in [3.8, 4) is 0 Å². The van der Waals surface area contributed by atoms with Gasteiger partial charge in [0.2, 0.25) is 0 Å². The summed E-state index contributed by atoms with van der Waals surface area (Å²) in [6.45, 7) is -0.778. The van der Waals surface area contributed by atoms with Crippen LogP contribution in [0.3, 0.4) is 0 Å². The maximum atomic E-state index is 11.3. The smallest absolute Gasteiger partial charge is 0.353 e. The molecule has 0 unspecified atom stereocenters. The first kappa shape index (κ1) is 17.0. The molecule has 0 amide bonds. The van der Waals surface area contributed by atoms with Crippen molar-refractivity contribution < 1.29 is 25.3 Å². The van der Waals surface area contributed by atoms with E-state index >= 15 is 0 Å². The van der Waals surface area contributed by atoms with Gasteiger partial charge in [0.15, 0.2) is 0 Å². The van der Waals surface area contributed by atoms with Gasteiger partial charge >= 0.3 is 16.9 Å². The topological polar surface area (TPSA) is 190 Å². The number of nitro groups is 1. The number of aliphatic hydroxyl groups is 4. The zero-order chi connectivity index (χ0) is 16.2. The molecule has 1 heterocycles. The van der Waals surface area contributed by atoms with Crippen molar-refractivity contribution in [3.05, 3.63) is 36.6 Å². The Morgan fingerprint density at radius 2 is 1.76 bits per heavy atom. The predicted octanol–water partition coefficient (Wildman–Crippen LogP) is -3.02. The van der Waals surface area contributed by atoms with Crippen LogP contribution in [0, 0.1) is 10.1 Å². The van der Waals surface area contributed by atoms with Crippen LogP contribution in [0.4, 0.5) is 5.69 Å². The number of aromatic amines is 2. The summed E-state index contributed by atoms with van der Waals surface area (Å²) in [5, 5.41) is 47.5. The largest absolute Gasteiger partial charge is 0.394 e. The minimum Gasteiger partial charge on any atom is -0.394 e. The summed E-state index contributed by atoms with van der Waals surface area (Å²) in [5.74, 6) is 0. The second kappa shape index (κ2) is 7.08. The van der Waals surface area contributed by atoms with E-state index in [0.29, 0.717) is 0 Å². The summed E-state index contributed by atoms with van der Waals surface area (Å²) in [6.07, 6.45) is -5.31. The van der Waals surface area contributed by atoms with E-state index in [0.717, 1.165) is 0 Å². The van der Waals surface area contributed by atoms with Gasteiger partial charge in [0.25, 0.3) is 0 Å². The van der Waals surface area contributed by atoms with E-state index in [4.69, 9.17) is 10.2 Å². The molecule has 0 bridgehead atoms. The van der Waals surface area contributed by atoms with Crippen molar-refractivity contribution in [2.24, 2.45) is 0 Å². The SMILES string of the molecule is O=c1[nH]c(CC[C@@H](O)[C@@H](O)[C@@H](O)CO)c([N+](=O)[O-])c(=O)[nH]1. The molecule has 6 N–H and O–H groups in total. The zero-order valence-electron chi connectivity index (χ0n) is 10.7. The second-order valence-electron chi connectivity index (χ2n) is 4.34. The molecule has 0 saturated carbocycles. The zero-order valence-corrected chi connectivity index (χ0v) is 10.7. The van der Waals surface area contributed by atoms with Gasteiger partial charge in [-0.1, -0.05) is 0 Å². The number of aliphatic hydroxyl groups excluding tert-OH is 4. The molecule has 1 aromatic rings. The molecule has 1 aromatic heterocycles. The highest BCUT2D eigenvalue weighted by Crippen LogP contribution is 2.13. The van der Waals surface area contributed by atoms with Crippen LogP contribution in [0.5, 0.6) is 0 Å². The van der Waals surface area contributed by atoms with Gasteiger partial charge in [-0.2, -0.15) is 0 Å². The van der Waals surface area contributed by atoms with Crippen molar-refractivity contribution >= 4 is 5.69 Å². The van der Waals surface area contributed by atoms with Crippen molar-refractivity contribution in [1.29, 1.82) is 0 Å². The number of nitrogens with one attached hydrogen (secondary N) is 2. The van der Waals surface area contributed by atoms with Crippen LogP contribution >= 0.6 is 0 Å². The Labute approximate surface area is 116 Å². The average molecular weight is 305 g/mol. The van der Waals surface area contributed by atoms with Crippen LogP contribution in [0.2, 0.25) is 0 Å². The monoisotopic (exact) mass is 305 g/mol. The van der Waals surface area contributed by atoms with Crippen LogP contribution in [0.25, 0.3) is 0 Å². The van der Waals surface area contributed by atoms with Gasteiger partial charge in [-0.15, -0.1) is 0 Å². The van der Waals surface area contributed by atoms with Crippen LogP contribution < -0.4 is 11.2 Å². The first-order valence-corrected chi connectivity index (χ1v) is 5.92. The Bertz CT molecular complexity index is 609. The number of hydrogen-bond donors (Lipinski definition) is 6. The Morgan fingerprint density at radius 1 is 1.14 bits per heavy atom. The summed E-state index contributed by atoms with van der Waals surface area (Å²) in [5.41, 5.74) is -3.28. The first-order valence-electron chi connectivity index (χ1n) is 5.92. The van der Waals surface area contributed by atoms with E-state index < -0.39 is 46.8 Å². The second-order valence-corrected chi connectivity index (χ2v) is 4.34. The van der Waals surface area contributed by atoms with E-state index in [-0.39, 0.29) is 18.5 Å². The van der Waals surface area contributed by atoms with Gasteiger partial charge in [-0.3, -0.25) is 19.9 Å². The van der Waals surface area contributed by atoms with Gasteiger partial charge in [0, 0.05) is 0 Å². The number of rotatable bonds is 7. The molecule has 0 saturated heterocycles. The summed E-state index contributed by atoms with van der Waals surface area (Å²) in [4.78, 5) is 36.0. The maximum Gasteiger partial charge on any atom is 0.353 e. The Morgan fingerprint density at radius 3 is 2.29 bits per heavy atom. The molecule has 0 aliphatic carbocycles. The van der Waals surface area contributed by atoms with Gasteiger partial charge in [0.05, 0.1) is 17.6 Å². The maximum absolute atomic E-state index is 11.3. The molecule has 0 aliphatic heterocycles. The quantitative estimate of drug-likeness (QED) is 0.226. The molecule has 0 spiro atoms. The van der Waals surface area contributed by atoms with E-state index in [1.54, 1.807) is 4.98 Å². The summed E-state index contributed by atoms with van der Waals surface area (Å²) < 4.78 is 0. The van der Waals surface area contributed by atoms with Gasteiger partial charge in [0.1, 0.15) is 17.9 Å². The van der Waals surface area contributed by atoms with E-state index in [2.05, 4.69) is 4.98 Å². The molecular formula is C10H15N3O8. The minimum absolute atomic E-state index is 0.279. The summed E-state index contributed by atoms with van der Waals surface area (Å²) in [6, 6.07) is 0. The van der Waals surface area contributed by atoms with Crippen molar-refractivity contribution in [1.82, 2.24) is 9.97 Å². The third-order valence-corrected chi connectivity index (χ3v) is 2.84. The van der Waals surface area contributed by atoms with Gasteiger partial charge in [-0.25, -0.2) is 4.79 Å². The molecule has 11 heteroatoms. The van der Waals surface area contributed by atoms with Gasteiger partial charge < -0.3 is 25.4 Å². The highest BCUT2D eigenvalue weighted by atomic mass is 16.6. The third-order valence-electron chi connectivity index (χ3n) is 2.84. The highest BCUT2D eigenvalue weighted by molar-refractivity contribution is 5.31.